The molecule has 98 valence electrons. The summed E-state index contributed by atoms with van der Waals surface area (Å²) >= 11 is 0. The molecule has 0 aliphatic rings. The van der Waals surface area contributed by atoms with Crippen LogP contribution >= 0.6 is 0 Å². The van der Waals surface area contributed by atoms with Crippen molar-refractivity contribution in [2.45, 2.75) is 13.3 Å². The first-order valence-corrected chi connectivity index (χ1v) is 5.74. The van der Waals surface area contributed by atoms with Gasteiger partial charge >= 0.3 is 0 Å². The number of nitrogens with zero attached hydrogens (tertiary/aromatic N) is 1. The van der Waals surface area contributed by atoms with E-state index in [4.69, 9.17) is 0 Å². The van der Waals surface area contributed by atoms with E-state index in [9.17, 15) is 14.9 Å². The fourth-order valence-corrected chi connectivity index (χ4v) is 1.57. The molecule has 6 nitrogen and oxygen atoms in total. The van der Waals surface area contributed by atoms with Crippen LogP contribution in [0.15, 0.2) is 18.2 Å². The third-order valence-electron chi connectivity index (χ3n) is 2.54. The number of carbonyl (C=O) groups is 1. The number of aryl methyl sites for hydroxylation is 1. The molecule has 1 amide bonds. The van der Waals surface area contributed by atoms with Gasteiger partial charge in [0.25, 0.3) is 11.6 Å². The van der Waals surface area contributed by atoms with E-state index in [1.54, 1.807) is 6.92 Å². The molecular formula is C12H17N3O3. The molecule has 0 saturated heterocycles. The Morgan fingerprint density at radius 3 is 2.67 bits per heavy atom. The van der Waals surface area contributed by atoms with E-state index in [2.05, 4.69) is 10.6 Å². The van der Waals surface area contributed by atoms with Crippen molar-refractivity contribution in [1.29, 1.82) is 0 Å². The Balaban J connectivity index is 2.64. The molecule has 18 heavy (non-hydrogen) atoms. The largest absolute Gasteiger partial charge is 0.352 e. The summed E-state index contributed by atoms with van der Waals surface area (Å²) in [5.74, 6) is -0.205. The van der Waals surface area contributed by atoms with Crippen LogP contribution in [0, 0.1) is 17.0 Å². The van der Waals surface area contributed by atoms with Crippen LogP contribution in [0.4, 0.5) is 5.69 Å². The number of rotatable bonds is 6. The highest BCUT2D eigenvalue weighted by Crippen LogP contribution is 2.18. The number of carbonyl (C=O) groups excluding carboxylic acids is 1. The number of nitro groups is 1. The fourth-order valence-electron chi connectivity index (χ4n) is 1.57. The third kappa shape index (κ3) is 3.81. The van der Waals surface area contributed by atoms with Gasteiger partial charge in [0, 0.05) is 23.7 Å². The molecule has 0 spiro atoms. The normalized spacial score (nSPS) is 10.1. The first-order valence-electron chi connectivity index (χ1n) is 5.74. The standard InChI is InChI=1S/C12H17N3O3/c1-9-8-10(4-5-11(9)15(17)18)12(16)14-7-3-6-13-2/h4-5,8,13H,3,6-7H2,1-2H3,(H,14,16). The lowest BCUT2D eigenvalue weighted by atomic mass is 10.1. The minimum atomic E-state index is -0.454. The first kappa shape index (κ1) is 14.1. The van der Waals surface area contributed by atoms with Crippen LogP contribution in [0.25, 0.3) is 0 Å². The number of hydrogen-bond donors (Lipinski definition) is 2. The summed E-state index contributed by atoms with van der Waals surface area (Å²) in [5, 5.41) is 16.4. The predicted octanol–water partition coefficient (Wildman–Crippen LogP) is 1.24. The minimum absolute atomic E-state index is 0.0294. The van der Waals surface area contributed by atoms with Gasteiger partial charge < -0.3 is 10.6 Å². The maximum atomic E-state index is 11.7. The van der Waals surface area contributed by atoms with E-state index >= 15 is 0 Å². The molecular weight excluding hydrogens is 234 g/mol. The van der Waals surface area contributed by atoms with E-state index in [1.165, 1.54) is 18.2 Å². The summed E-state index contributed by atoms with van der Waals surface area (Å²) in [5.41, 5.74) is 0.965. The van der Waals surface area contributed by atoms with Crippen LogP contribution < -0.4 is 10.6 Å². The Labute approximate surface area is 106 Å². The second kappa shape index (κ2) is 6.70. The maximum Gasteiger partial charge on any atom is 0.272 e. The van der Waals surface area contributed by atoms with Crippen molar-refractivity contribution in [2.75, 3.05) is 20.1 Å². The van der Waals surface area contributed by atoms with Gasteiger partial charge in [0.2, 0.25) is 0 Å². The maximum absolute atomic E-state index is 11.7. The molecule has 0 saturated carbocycles. The Morgan fingerprint density at radius 1 is 1.39 bits per heavy atom. The average molecular weight is 251 g/mol. The zero-order valence-corrected chi connectivity index (χ0v) is 10.5. The van der Waals surface area contributed by atoms with E-state index in [-0.39, 0.29) is 11.6 Å². The molecule has 0 radical (unpaired) electrons. The van der Waals surface area contributed by atoms with Gasteiger partial charge in [-0.1, -0.05) is 0 Å². The van der Waals surface area contributed by atoms with Gasteiger partial charge in [-0.3, -0.25) is 14.9 Å². The summed E-state index contributed by atoms with van der Waals surface area (Å²) < 4.78 is 0. The smallest absolute Gasteiger partial charge is 0.272 e. The lowest BCUT2D eigenvalue weighted by Gasteiger charge is -2.06. The van der Waals surface area contributed by atoms with Crippen molar-refractivity contribution >= 4 is 11.6 Å². The lowest BCUT2D eigenvalue weighted by Crippen LogP contribution is -2.26. The number of amides is 1. The van der Waals surface area contributed by atoms with E-state index in [0.717, 1.165) is 13.0 Å². The van der Waals surface area contributed by atoms with E-state index in [1.807, 2.05) is 7.05 Å². The quantitative estimate of drug-likeness (QED) is 0.452. The Bertz CT molecular complexity index is 446. The van der Waals surface area contributed by atoms with Crippen LogP contribution in [0.2, 0.25) is 0 Å². The highest BCUT2D eigenvalue weighted by molar-refractivity contribution is 5.94. The molecule has 1 aromatic rings. The molecule has 1 rings (SSSR count). The van der Waals surface area contributed by atoms with Gasteiger partial charge in [-0.25, -0.2) is 0 Å². The summed E-state index contributed by atoms with van der Waals surface area (Å²) in [6, 6.07) is 4.36. The Morgan fingerprint density at radius 2 is 2.11 bits per heavy atom. The molecule has 0 aromatic heterocycles. The highest BCUT2D eigenvalue weighted by Gasteiger charge is 2.13. The Hall–Kier alpha value is -1.95. The average Bonchev–Trinajstić information content (AvgIpc) is 2.33. The molecule has 0 unspecified atom stereocenters. The zero-order chi connectivity index (χ0) is 13.5. The predicted molar refractivity (Wildman–Crippen MR) is 68.7 cm³/mol. The van der Waals surface area contributed by atoms with Crippen LogP contribution in [0.1, 0.15) is 22.3 Å². The summed E-state index contributed by atoms with van der Waals surface area (Å²) in [7, 11) is 1.85. The molecule has 0 atom stereocenters. The van der Waals surface area contributed by atoms with Crippen molar-refractivity contribution in [2.24, 2.45) is 0 Å². The highest BCUT2D eigenvalue weighted by atomic mass is 16.6. The summed E-state index contributed by atoms with van der Waals surface area (Å²) in [6.07, 6.45) is 0.841. The van der Waals surface area contributed by atoms with Crippen LogP contribution in [0.5, 0.6) is 0 Å². The lowest BCUT2D eigenvalue weighted by molar-refractivity contribution is -0.385. The van der Waals surface area contributed by atoms with Crippen molar-refractivity contribution in [3.05, 3.63) is 39.4 Å². The van der Waals surface area contributed by atoms with Gasteiger partial charge in [-0.2, -0.15) is 0 Å². The summed E-state index contributed by atoms with van der Waals surface area (Å²) in [4.78, 5) is 21.9. The zero-order valence-electron chi connectivity index (χ0n) is 10.5. The van der Waals surface area contributed by atoms with Crippen LogP contribution in [-0.4, -0.2) is 31.0 Å². The number of hydrogen-bond acceptors (Lipinski definition) is 4. The van der Waals surface area contributed by atoms with Crippen molar-refractivity contribution in [1.82, 2.24) is 10.6 Å². The van der Waals surface area contributed by atoms with Gasteiger partial charge in [0.1, 0.15) is 0 Å². The second-order valence-corrected chi connectivity index (χ2v) is 3.97. The fraction of sp³-hybridized carbons (Fsp3) is 0.417. The van der Waals surface area contributed by atoms with E-state index < -0.39 is 4.92 Å². The molecule has 0 aliphatic heterocycles. The number of nitrogens with one attached hydrogen (secondary N) is 2. The van der Waals surface area contributed by atoms with Gasteiger partial charge in [-0.15, -0.1) is 0 Å². The molecule has 0 fully saturated rings. The molecule has 1 aromatic carbocycles. The van der Waals surface area contributed by atoms with E-state index in [0.29, 0.717) is 17.7 Å². The molecule has 0 bridgehead atoms. The van der Waals surface area contributed by atoms with Gasteiger partial charge in [0.15, 0.2) is 0 Å². The molecule has 0 aliphatic carbocycles. The van der Waals surface area contributed by atoms with Crippen molar-refractivity contribution < 1.29 is 9.72 Å². The Kier molecular flexibility index (Phi) is 5.26. The number of nitro benzene ring substituents is 1. The van der Waals surface area contributed by atoms with Crippen molar-refractivity contribution in [3.8, 4) is 0 Å². The van der Waals surface area contributed by atoms with Gasteiger partial charge in [-0.05, 0) is 39.1 Å². The monoisotopic (exact) mass is 251 g/mol. The van der Waals surface area contributed by atoms with Crippen LogP contribution in [-0.2, 0) is 0 Å². The number of benzene rings is 1. The minimum Gasteiger partial charge on any atom is -0.352 e. The third-order valence-corrected chi connectivity index (χ3v) is 2.54. The molecule has 2 N–H and O–H groups in total. The first-order chi connectivity index (χ1) is 8.56. The van der Waals surface area contributed by atoms with Crippen LogP contribution in [0.3, 0.4) is 0 Å². The van der Waals surface area contributed by atoms with Gasteiger partial charge in [0.05, 0.1) is 4.92 Å². The topological polar surface area (TPSA) is 84.3 Å². The van der Waals surface area contributed by atoms with Crippen molar-refractivity contribution in [3.63, 3.8) is 0 Å². The molecule has 0 heterocycles. The summed E-state index contributed by atoms with van der Waals surface area (Å²) in [6.45, 7) is 3.03. The second-order valence-electron chi connectivity index (χ2n) is 3.97. The molecule has 6 heteroatoms. The SMILES string of the molecule is CNCCCNC(=O)c1ccc([N+](=O)[O-])c(C)c1.